The van der Waals surface area contributed by atoms with Gasteiger partial charge in [-0.1, -0.05) is 18.3 Å². The summed E-state index contributed by atoms with van der Waals surface area (Å²) < 4.78 is 5.65. The number of hydrogen-bond acceptors (Lipinski definition) is 6. The van der Waals surface area contributed by atoms with E-state index in [0.717, 1.165) is 0 Å². The molecule has 0 saturated carbocycles. The number of aliphatic imine (C=N–C) groups is 1. The minimum atomic E-state index is -1.16. The number of nitrogens with one attached hydrogen (secondary N) is 1. The van der Waals surface area contributed by atoms with Crippen LogP contribution < -0.4 is 5.32 Å². The summed E-state index contributed by atoms with van der Waals surface area (Å²) in [5.74, 6) is 0. The number of nitrogens with zero attached hydrogens (tertiary/aromatic N) is 1. The van der Waals surface area contributed by atoms with Crippen LogP contribution in [0, 0.1) is 0 Å². The van der Waals surface area contributed by atoms with E-state index in [1.165, 1.54) is 11.8 Å². The number of rotatable bonds is 2. The van der Waals surface area contributed by atoms with Crippen molar-refractivity contribution in [2.75, 3.05) is 7.05 Å². The predicted octanol–water partition coefficient (Wildman–Crippen LogP) is -0.939. The lowest BCUT2D eigenvalue weighted by atomic mass is 9.92. The Balaban J connectivity index is 2.17. The van der Waals surface area contributed by atoms with Crippen molar-refractivity contribution in [3.05, 3.63) is 12.2 Å². The molecule has 0 aromatic rings. The Morgan fingerprint density at radius 1 is 1.50 bits per heavy atom. The lowest BCUT2D eigenvalue weighted by Gasteiger charge is -2.40. The predicted molar refractivity (Wildman–Crippen MR) is 69.4 cm³/mol. The summed E-state index contributed by atoms with van der Waals surface area (Å²) in [6.07, 6.45) is -4.06. The quantitative estimate of drug-likeness (QED) is 0.486. The fourth-order valence-electron chi connectivity index (χ4n) is 2.09. The molecule has 7 heteroatoms. The van der Waals surface area contributed by atoms with E-state index >= 15 is 0 Å². The molecule has 0 aromatic heterocycles. The molecule has 2 saturated heterocycles. The van der Waals surface area contributed by atoms with Gasteiger partial charge >= 0.3 is 0 Å². The first-order chi connectivity index (χ1) is 8.45. The number of amidine groups is 1. The summed E-state index contributed by atoms with van der Waals surface area (Å²) in [6.45, 7) is 5.29. The Labute approximate surface area is 110 Å². The number of fused-ring (bicyclic) bond motifs is 1. The number of aliphatic hydroxyl groups is 3. The van der Waals surface area contributed by atoms with Crippen LogP contribution in [0.2, 0.25) is 0 Å². The van der Waals surface area contributed by atoms with E-state index in [1.807, 2.05) is 0 Å². The highest BCUT2D eigenvalue weighted by molar-refractivity contribution is 8.14. The molecule has 2 heterocycles. The van der Waals surface area contributed by atoms with Gasteiger partial charge in [0.25, 0.3) is 0 Å². The topological polar surface area (TPSA) is 94.3 Å². The Bertz CT molecular complexity index is 376. The van der Waals surface area contributed by atoms with Crippen molar-refractivity contribution in [3.63, 3.8) is 0 Å². The van der Waals surface area contributed by atoms with Gasteiger partial charge in [-0.25, -0.2) is 0 Å². The molecule has 2 rings (SSSR count). The van der Waals surface area contributed by atoms with Crippen LogP contribution in [0.4, 0.5) is 0 Å². The van der Waals surface area contributed by atoms with Crippen molar-refractivity contribution >= 4 is 16.9 Å². The van der Waals surface area contributed by atoms with Crippen molar-refractivity contribution < 1.29 is 20.1 Å². The molecule has 2 fully saturated rings. The van der Waals surface area contributed by atoms with Crippen LogP contribution in [0.5, 0.6) is 0 Å². The van der Waals surface area contributed by atoms with E-state index in [4.69, 9.17) is 4.74 Å². The molecule has 0 aliphatic carbocycles. The second-order valence-corrected chi connectivity index (χ2v) is 5.65. The number of aliphatic hydroxyl groups excluding tert-OH is 3. The summed E-state index contributed by atoms with van der Waals surface area (Å²) >= 11 is 1.34. The molecule has 2 aliphatic rings. The Morgan fingerprint density at radius 3 is 2.72 bits per heavy atom. The van der Waals surface area contributed by atoms with Gasteiger partial charge in [-0.2, -0.15) is 0 Å². The second kappa shape index (κ2) is 5.18. The third-order valence-corrected chi connectivity index (χ3v) is 4.34. The van der Waals surface area contributed by atoms with Crippen molar-refractivity contribution in [1.29, 1.82) is 0 Å². The zero-order chi connectivity index (χ0) is 13.4. The maximum absolute atomic E-state index is 10.1. The van der Waals surface area contributed by atoms with Gasteiger partial charge < -0.3 is 25.4 Å². The molecule has 18 heavy (non-hydrogen) atoms. The first-order valence-corrected chi connectivity index (χ1v) is 6.58. The number of thioether (sulfide) groups is 1. The largest absolute Gasteiger partial charge is 0.388 e. The fourth-order valence-corrected chi connectivity index (χ4v) is 3.18. The fraction of sp³-hybridized carbons (Fsp3) is 0.727. The van der Waals surface area contributed by atoms with Gasteiger partial charge in [0, 0.05) is 7.05 Å². The smallest absolute Gasteiger partial charge is 0.159 e. The summed E-state index contributed by atoms with van der Waals surface area (Å²) in [5.41, 5.74) is 0.117. The molecule has 6 atom stereocenters. The molecule has 0 amide bonds. The molecule has 6 nitrogen and oxygen atoms in total. The van der Waals surface area contributed by atoms with Crippen molar-refractivity contribution in [1.82, 2.24) is 5.32 Å². The molecule has 6 unspecified atom stereocenters. The van der Waals surface area contributed by atoms with Crippen LogP contribution >= 0.6 is 11.8 Å². The van der Waals surface area contributed by atoms with Crippen LogP contribution in [0.3, 0.4) is 0 Å². The lowest BCUT2D eigenvalue weighted by Crippen LogP contribution is -2.61. The zero-order valence-corrected chi connectivity index (χ0v) is 11.1. The van der Waals surface area contributed by atoms with Crippen LogP contribution in [-0.2, 0) is 4.74 Å². The maximum atomic E-state index is 10.1. The van der Waals surface area contributed by atoms with Gasteiger partial charge in [0.2, 0.25) is 0 Å². The average Bonchev–Trinajstić information content (AvgIpc) is 2.76. The SMILES string of the molecule is C=C(C)C(O)C1OC2SC(=NC)NC2C(O)C1O. The highest BCUT2D eigenvalue weighted by Crippen LogP contribution is 2.35. The molecule has 102 valence electrons. The molecule has 0 aromatic carbocycles. The standard InChI is InChI=1S/C11H18N2O4S/c1-4(2)6(14)9-8(16)7(15)5-10(17-9)18-11(12-3)13-5/h5-10,14-16H,1H2,2-3H3,(H,12,13). The molecule has 0 bridgehead atoms. The van der Waals surface area contributed by atoms with E-state index < -0.39 is 30.5 Å². The maximum Gasteiger partial charge on any atom is 0.159 e. The summed E-state index contributed by atoms with van der Waals surface area (Å²) in [4.78, 5) is 3.99. The Kier molecular flexibility index (Phi) is 3.98. The third kappa shape index (κ3) is 2.28. The molecular weight excluding hydrogens is 256 g/mol. The molecule has 2 aliphatic heterocycles. The molecule has 4 N–H and O–H groups in total. The first kappa shape index (κ1) is 13.8. The van der Waals surface area contributed by atoms with Gasteiger partial charge in [0.15, 0.2) is 5.17 Å². The Hall–Kier alpha value is -0.600. The van der Waals surface area contributed by atoms with Crippen LogP contribution in [0.15, 0.2) is 17.1 Å². The first-order valence-electron chi connectivity index (χ1n) is 5.70. The van der Waals surface area contributed by atoms with E-state index in [1.54, 1.807) is 14.0 Å². The summed E-state index contributed by atoms with van der Waals surface area (Å²) in [7, 11) is 1.63. The average molecular weight is 274 g/mol. The minimum Gasteiger partial charge on any atom is -0.388 e. The highest BCUT2D eigenvalue weighted by atomic mass is 32.2. The van der Waals surface area contributed by atoms with Gasteiger partial charge in [-0.15, -0.1) is 0 Å². The minimum absolute atomic E-state index is 0.374. The Morgan fingerprint density at radius 2 is 2.17 bits per heavy atom. The normalized spacial score (nSPS) is 43.4. The van der Waals surface area contributed by atoms with Gasteiger partial charge in [-0.3, -0.25) is 4.99 Å². The lowest BCUT2D eigenvalue weighted by molar-refractivity contribution is -0.181. The van der Waals surface area contributed by atoms with Gasteiger partial charge in [0.05, 0.1) is 6.04 Å². The summed E-state index contributed by atoms with van der Waals surface area (Å²) in [5, 5.41) is 33.6. The van der Waals surface area contributed by atoms with E-state index in [-0.39, 0.29) is 5.44 Å². The number of ether oxygens (including phenoxy) is 1. The van der Waals surface area contributed by atoms with Gasteiger partial charge in [-0.05, 0) is 12.5 Å². The van der Waals surface area contributed by atoms with Crippen LogP contribution in [-0.4, -0.2) is 63.4 Å². The van der Waals surface area contributed by atoms with E-state index in [2.05, 4.69) is 16.9 Å². The third-order valence-electron chi connectivity index (χ3n) is 3.18. The van der Waals surface area contributed by atoms with E-state index in [9.17, 15) is 15.3 Å². The van der Waals surface area contributed by atoms with Crippen LogP contribution in [0.1, 0.15) is 6.92 Å². The van der Waals surface area contributed by atoms with E-state index in [0.29, 0.717) is 10.7 Å². The molecule has 0 radical (unpaired) electrons. The zero-order valence-electron chi connectivity index (χ0n) is 10.3. The highest BCUT2D eigenvalue weighted by Gasteiger charge is 2.50. The van der Waals surface area contributed by atoms with Crippen molar-refractivity contribution in [2.45, 2.75) is 42.8 Å². The molecule has 0 spiro atoms. The monoisotopic (exact) mass is 274 g/mol. The van der Waals surface area contributed by atoms with Crippen molar-refractivity contribution in [3.8, 4) is 0 Å². The number of hydrogen-bond donors (Lipinski definition) is 4. The molecular formula is C11H18N2O4S. The van der Waals surface area contributed by atoms with Gasteiger partial charge in [0.1, 0.15) is 29.9 Å². The van der Waals surface area contributed by atoms with Crippen LogP contribution in [0.25, 0.3) is 0 Å². The summed E-state index contributed by atoms with van der Waals surface area (Å²) in [6, 6.07) is -0.419. The van der Waals surface area contributed by atoms with Crippen molar-refractivity contribution in [2.24, 2.45) is 4.99 Å². The second-order valence-electron chi connectivity index (χ2n) is 4.56.